The van der Waals surface area contributed by atoms with E-state index in [4.69, 9.17) is 4.74 Å². The van der Waals surface area contributed by atoms with Crippen LogP contribution in [0.25, 0.3) is 0 Å². The fraction of sp³-hybridized carbons (Fsp3) is 0.875. The summed E-state index contributed by atoms with van der Waals surface area (Å²) >= 11 is 2.44. The molecule has 0 radical (unpaired) electrons. The van der Waals surface area contributed by atoms with E-state index >= 15 is 0 Å². The first-order valence-corrected chi connectivity index (χ1v) is 5.61. The maximum atomic E-state index is 11.0. The normalized spacial score (nSPS) is 55.1. The predicted octanol–water partition coefficient (Wildman–Crippen LogP) is 1.31. The van der Waals surface area contributed by atoms with Crippen molar-refractivity contribution >= 4 is 28.7 Å². The first-order valence-electron chi connectivity index (χ1n) is 4.37. The van der Waals surface area contributed by atoms with Crippen LogP contribution in [0.2, 0.25) is 0 Å². The zero-order valence-corrected chi connectivity index (χ0v) is 8.65. The minimum Gasteiger partial charge on any atom is -0.445 e. The summed E-state index contributed by atoms with van der Waals surface area (Å²) < 4.78 is 5.83. The lowest BCUT2D eigenvalue weighted by Crippen LogP contribution is -2.54. The Balaban J connectivity index is 1.94. The van der Waals surface area contributed by atoms with Gasteiger partial charge in [-0.1, -0.05) is 22.6 Å². The summed E-state index contributed by atoms with van der Waals surface area (Å²) in [5.74, 6) is 1.39. The quantitative estimate of drug-likeness (QED) is 0.536. The van der Waals surface area contributed by atoms with Crippen LogP contribution in [0.15, 0.2) is 0 Å². The van der Waals surface area contributed by atoms with Crippen LogP contribution in [-0.4, -0.2) is 22.2 Å². The number of hydrogen-bond acceptors (Lipinski definition) is 2. The van der Waals surface area contributed by atoms with Gasteiger partial charge in [-0.3, -0.25) is 0 Å². The number of nitrogens with one attached hydrogen (secondary N) is 1. The lowest BCUT2D eigenvalue weighted by atomic mass is 9.91. The summed E-state index contributed by atoms with van der Waals surface area (Å²) in [6.45, 7) is 0. The second kappa shape index (κ2) is 2.27. The Hall–Kier alpha value is 0. The topological polar surface area (TPSA) is 38.3 Å². The molecule has 1 aliphatic heterocycles. The van der Waals surface area contributed by atoms with Gasteiger partial charge in [0.2, 0.25) is 0 Å². The van der Waals surface area contributed by atoms with Crippen molar-refractivity contribution in [2.24, 2.45) is 11.8 Å². The monoisotopic (exact) mass is 279 g/mol. The number of hydrogen-bond donors (Lipinski definition) is 1. The number of fused-ring (bicyclic) bond motifs is 1. The van der Waals surface area contributed by atoms with Crippen LogP contribution in [0.4, 0.5) is 4.79 Å². The third-order valence-electron chi connectivity index (χ3n) is 3.38. The first kappa shape index (κ1) is 7.41. The van der Waals surface area contributed by atoms with Crippen molar-refractivity contribution in [3.05, 3.63) is 0 Å². The number of amides is 1. The minimum atomic E-state index is -0.205. The fourth-order valence-electron chi connectivity index (χ4n) is 2.87. The molecule has 4 heteroatoms. The number of rotatable bonds is 0. The van der Waals surface area contributed by atoms with Gasteiger partial charge in [-0.25, -0.2) is 4.79 Å². The van der Waals surface area contributed by atoms with E-state index in [9.17, 15) is 4.79 Å². The van der Waals surface area contributed by atoms with Crippen molar-refractivity contribution in [2.45, 2.75) is 28.9 Å². The Morgan fingerprint density at radius 2 is 2.33 bits per heavy atom. The molecule has 1 N–H and O–H groups in total. The van der Waals surface area contributed by atoms with Crippen LogP contribution in [0.1, 0.15) is 12.8 Å². The van der Waals surface area contributed by atoms with Crippen molar-refractivity contribution in [3.63, 3.8) is 0 Å². The average Bonchev–Trinajstić information content (AvgIpc) is 2.53. The molecule has 1 saturated heterocycles. The van der Waals surface area contributed by atoms with Crippen molar-refractivity contribution in [1.29, 1.82) is 0 Å². The summed E-state index contributed by atoms with van der Waals surface area (Å²) in [5.41, 5.74) is 0. The zero-order valence-electron chi connectivity index (χ0n) is 6.50. The van der Waals surface area contributed by atoms with E-state index in [2.05, 4.69) is 27.9 Å². The van der Waals surface area contributed by atoms with E-state index in [1.807, 2.05) is 0 Å². The highest BCUT2D eigenvalue weighted by atomic mass is 127. The third kappa shape index (κ3) is 0.791. The predicted molar refractivity (Wildman–Crippen MR) is 51.2 cm³/mol. The summed E-state index contributed by atoms with van der Waals surface area (Å²) in [6, 6.07) is 0.423. The number of ether oxygens (including phenoxy) is 1. The molecule has 0 aromatic rings. The number of halogens is 1. The molecule has 66 valence electrons. The molecule has 3 rings (SSSR count). The van der Waals surface area contributed by atoms with Gasteiger partial charge >= 0.3 is 6.09 Å². The van der Waals surface area contributed by atoms with Gasteiger partial charge in [-0.15, -0.1) is 0 Å². The smallest absolute Gasteiger partial charge is 0.407 e. The highest BCUT2D eigenvalue weighted by molar-refractivity contribution is 14.1. The second-order valence-electron chi connectivity index (χ2n) is 3.96. The molecule has 2 bridgehead atoms. The number of carbonyl (C=O) groups excluding carboxylic acids is 1. The molecule has 1 amide bonds. The van der Waals surface area contributed by atoms with Gasteiger partial charge in [0, 0.05) is 12.0 Å². The van der Waals surface area contributed by atoms with E-state index < -0.39 is 0 Å². The minimum absolute atomic E-state index is 0.205. The summed E-state index contributed by atoms with van der Waals surface area (Å²) in [4.78, 5) is 11.0. The highest BCUT2D eigenvalue weighted by Crippen LogP contribution is 2.51. The Morgan fingerprint density at radius 1 is 1.50 bits per heavy atom. The van der Waals surface area contributed by atoms with Crippen molar-refractivity contribution in [1.82, 2.24) is 5.32 Å². The van der Waals surface area contributed by atoms with Crippen molar-refractivity contribution in [2.75, 3.05) is 0 Å². The van der Waals surface area contributed by atoms with Gasteiger partial charge in [0.05, 0.1) is 3.92 Å². The maximum absolute atomic E-state index is 11.0. The zero-order chi connectivity index (χ0) is 8.29. The molecule has 5 unspecified atom stereocenters. The molecule has 0 aromatic heterocycles. The molecule has 5 atom stereocenters. The van der Waals surface area contributed by atoms with E-state index in [-0.39, 0.29) is 12.2 Å². The Bertz CT molecular complexity index is 245. The SMILES string of the molecule is O=C1NC2CC3CC2C(O1)C3I. The fourth-order valence-corrected chi connectivity index (χ4v) is 4.13. The molecular weight excluding hydrogens is 269 g/mol. The van der Waals surface area contributed by atoms with Gasteiger partial charge in [-0.05, 0) is 18.8 Å². The van der Waals surface area contributed by atoms with Crippen LogP contribution in [0, 0.1) is 11.8 Å². The van der Waals surface area contributed by atoms with Crippen LogP contribution < -0.4 is 5.32 Å². The molecule has 12 heavy (non-hydrogen) atoms. The largest absolute Gasteiger partial charge is 0.445 e. The number of alkyl halides is 1. The molecule has 2 saturated carbocycles. The van der Waals surface area contributed by atoms with Crippen molar-refractivity contribution in [3.8, 4) is 0 Å². The summed E-state index contributed by atoms with van der Waals surface area (Å²) in [5, 5.41) is 2.90. The standard InChI is InChI=1S/C8H10INO2/c9-6-3-1-4-5(2-3)10-8(11)12-7(4)6/h3-7H,1-2H2,(H,10,11). The van der Waals surface area contributed by atoms with Gasteiger partial charge in [0.1, 0.15) is 6.10 Å². The van der Waals surface area contributed by atoms with Crippen LogP contribution in [0.5, 0.6) is 0 Å². The Kier molecular flexibility index (Phi) is 1.40. The first-order chi connectivity index (χ1) is 5.75. The van der Waals surface area contributed by atoms with E-state index in [1.54, 1.807) is 0 Å². The second-order valence-corrected chi connectivity index (χ2v) is 5.40. The molecular formula is C8H10INO2. The third-order valence-corrected chi connectivity index (χ3v) is 5.11. The van der Waals surface area contributed by atoms with Crippen LogP contribution >= 0.6 is 22.6 Å². The molecule has 0 aromatic carbocycles. The van der Waals surface area contributed by atoms with Crippen molar-refractivity contribution < 1.29 is 9.53 Å². The highest BCUT2D eigenvalue weighted by Gasteiger charge is 2.56. The van der Waals surface area contributed by atoms with Gasteiger partial charge in [0.25, 0.3) is 0 Å². The summed E-state index contributed by atoms with van der Waals surface area (Å²) in [7, 11) is 0. The van der Waals surface area contributed by atoms with E-state index in [1.165, 1.54) is 12.8 Å². The molecule has 3 fully saturated rings. The lowest BCUT2D eigenvalue weighted by molar-refractivity contribution is 0.0278. The maximum Gasteiger partial charge on any atom is 0.407 e. The van der Waals surface area contributed by atoms with Gasteiger partial charge < -0.3 is 10.1 Å². The Labute approximate surface area is 84.4 Å². The molecule has 3 aliphatic rings. The van der Waals surface area contributed by atoms with Gasteiger partial charge in [0.15, 0.2) is 0 Å². The van der Waals surface area contributed by atoms with E-state index in [0.29, 0.717) is 15.9 Å². The summed E-state index contributed by atoms with van der Waals surface area (Å²) in [6.07, 6.45) is 2.43. The lowest BCUT2D eigenvalue weighted by Gasteiger charge is -2.37. The molecule has 3 nitrogen and oxygen atoms in total. The molecule has 0 spiro atoms. The van der Waals surface area contributed by atoms with Crippen LogP contribution in [-0.2, 0) is 4.74 Å². The Morgan fingerprint density at radius 3 is 3.08 bits per heavy atom. The van der Waals surface area contributed by atoms with E-state index in [0.717, 1.165) is 5.92 Å². The number of carbonyl (C=O) groups is 1. The number of alkyl carbamates (subject to hydrolysis) is 1. The van der Waals surface area contributed by atoms with Crippen LogP contribution in [0.3, 0.4) is 0 Å². The average molecular weight is 279 g/mol. The van der Waals surface area contributed by atoms with Gasteiger partial charge in [-0.2, -0.15) is 0 Å². The molecule has 1 heterocycles. The molecule has 2 aliphatic carbocycles.